The predicted molar refractivity (Wildman–Crippen MR) is 82.6 cm³/mol. The summed E-state index contributed by atoms with van der Waals surface area (Å²) in [6, 6.07) is 5.78. The molecule has 6 heteroatoms. The van der Waals surface area contributed by atoms with Crippen molar-refractivity contribution >= 4 is 22.9 Å². The highest BCUT2D eigenvalue weighted by molar-refractivity contribution is 7.07. The fraction of sp³-hybridized carbons (Fsp3) is 0.286. The zero-order chi connectivity index (χ0) is 14.5. The lowest BCUT2D eigenvalue weighted by atomic mass is 10.0. The van der Waals surface area contributed by atoms with Gasteiger partial charge in [-0.2, -0.15) is 11.3 Å². The highest BCUT2D eigenvalue weighted by atomic mass is 35.5. The minimum atomic E-state index is -0.0399. The van der Waals surface area contributed by atoms with E-state index < -0.39 is 0 Å². The average molecular weight is 313 g/mol. The van der Waals surface area contributed by atoms with E-state index in [-0.39, 0.29) is 6.04 Å². The van der Waals surface area contributed by atoms with Gasteiger partial charge in [0.25, 0.3) is 0 Å². The van der Waals surface area contributed by atoms with Crippen molar-refractivity contribution < 1.29 is 9.47 Å². The molecule has 1 aromatic heterocycles. The van der Waals surface area contributed by atoms with Crippen LogP contribution in [0.3, 0.4) is 0 Å². The Morgan fingerprint density at radius 3 is 2.70 bits per heavy atom. The van der Waals surface area contributed by atoms with Gasteiger partial charge in [0.1, 0.15) is 0 Å². The Kier molecular flexibility index (Phi) is 5.25. The van der Waals surface area contributed by atoms with E-state index in [0.717, 1.165) is 12.0 Å². The fourth-order valence-electron chi connectivity index (χ4n) is 2.06. The number of halogens is 1. The molecule has 0 bridgehead atoms. The lowest BCUT2D eigenvalue weighted by Crippen LogP contribution is -2.29. The van der Waals surface area contributed by atoms with Gasteiger partial charge in [-0.1, -0.05) is 11.6 Å². The predicted octanol–water partition coefficient (Wildman–Crippen LogP) is 3.17. The molecule has 0 saturated carbocycles. The van der Waals surface area contributed by atoms with Crippen LogP contribution in [0, 0.1) is 0 Å². The van der Waals surface area contributed by atoms with Crippen molar-refractivity contribution in [2.45, 2.75) is 12.5 Å². The van der Waals surface area contributed by atoms with E-state index in [4.69, 9.17) is 26.9 Å². The summed E-state index contributed by atoms with van der Waals surface area (Å²) in [7, 11) is 3.15. The Morgan fingerprint density at radius 2 is 2.15 bits per heavy atom. The molecule has 20 heavy (non-hydrogen) atoms. The molecule has 4 nitrogen and oxygen atoms in total. The summed E-state index contributed by atoms with van der Waals surface area (Å²) >= 11 is 7.89. The van der Waals surface area contributed by atoms with Crippen LogP contribution in [-0.4, -0.2) is 14.2 Å². The van der Waals surface area contributed by atoms with E-state index >= 15 is 0 Å². The van der Waals surface area contributed by atoms with Crippen molar-refractivity contribution in [3.63, 3.8) is 0 Å². The molecule has 0 aliphatic carbocycles. The number of hydrogen-bond donors (Lipinski definition) is 2. The van der Waals surface area contributed by atoms with Gasteiger partial charge >= 0.3 is 0 Å². The SMILES string of the molecule is COc1cc(C(Cc2ccsc2)NN)cc(Cl)c1OC. The van der Waals surface area contributed by atoms with Crippen LogP contribution >= 0.6 is 22.9 Å². The summed E-state index contributed by atoms with van der Waals surface area (Å²) in [4.78, 5) is 0. The number of thiophene rings is 1. The number of hydrogen-bond acceptors (Lipinski definition) is 5. The van der Waals surface area contributed by atoms with Crippen LogP contribution in [0.2, 0.25) is 5.02 Å². The van der Waals surface area contributed by atoms with Gasteiger partial charge in [0.15, 0.2) is 11.5 Å². The molecule has 1 aromatic carbocycles. The molecule has 0 aliphatic rings. The van der Waals surface area contributed by atoms with Gasteiger partial charge in [-0.05, 0) is 46.5 Å². The van der Waals surface area contributed by atoms with Crippen LogP contribution in [0.5, 0.6) is 11.5 Å². The van der Waals surface area contributed by atoms with Gasteiger partial charge in [-0.3, -0.25) is 11.3 Å². The molecular formula is C14H17ClN2O2S. The summed E-state index contributed by atoms with van der Waals surface area (Å²) in [5, 5.41) is 4.66. The molecule has 3 N–H and O–H groups in total. The Balaban J connectivity index is 2.32. The van der Waals surface area contributed by atoms with Crippen molar-refractivity contribution in [1.82, 2.24) is 5.43 Å². The smallest absolute Gasteiger partial charge is 0.179 e. The third kappa shape index (κ3) is 3.24. The zero-order valence-electron chi connectivity index (χ0n) is 11.4. The third-order valence-electron chi connectivity index (χ3n) is 3.08. The maximum Gasteiger partial charge on any atom is 0.179 e. The molecule has 0 fully saturated rings. The molecule has 1 unspecified atom stereocenters. The van der Waals surface area contributed by atoms with E-state index in [1.165, 1.54) is 5.56 Å². The monoisotopic (exact) mass is 312 g/mol. The summed E-state index contributed by atoms with van der Waals surface area (Å²) in [6.45, 7) is 0. The van der Waals surface area contributed by atoms with E-state index in [9.17, 15) is 0 Å². The molecule has 108 valence electrons. The second kappa shape index (κ2) is 6.95. The van der Waals surface area contributed by atoms with Crippen molar-refractivity contribution in [3.05, 3.63) is 45.1 Å². The highest BCUT2D eigenvalue weighted by Gasteiger charge is 2.17. The number of nitrogens with one attached hydrogen (secondary N) is 1. The Bertz CT molecular complexity index is 561. The molecular weight excluding hydrogens is 296 g/mol. The second-order valence-electron chi connectivity index (χ2n) is 4.29. The maximum absolute atomic E-state index is 6.22. The lowest BCUT2D eigenvalue weighted by molar-refractivity contribution is 0.354. The average Bonchev–Trinajstić information content (AvgIpc) is 2.96. The first kappa shape index (κ1) is 15.1. The quantitative estimate of drug-likeness (QED) is 0.635. The molecule has 0 saturated heterocycles. The first-order chi connectivity index (χ1) is 9.69. The molecule has 0 aliphatic heterocycles. The summed E-state index contributed by atoms with van der Waals surface area (Å²) in [5.41, 5.74) is 5.01. The largest absolute Gasteiger partial charge is 0.493 e. The first-order valence-electron chi connectivity index (χ1n) is 6.08. The van der Waals surface area contributed by atoms with Gasteiger partial charge in [0, 0.05) is 0 Å². The molecule has 0 radical (unpaired) electrons. The zero-order valence-corrected chi connectivity index (χ0v) is 12.9. The number of hydrazine groups is 1. The minimum absolute atomic E-state index is 0.0399. The number of nitrogens with two attached hydrogens (primary N) is 1. The van der Waals surface area contributed by atoms with E-state index in [2.05, 4.69) is 16.9 Å². The van der Waals surface area contributed by atoms with Crippen LogP contribution in [0.25, 0.3) is 0 Å². The van der Waals surface area contributed by atoms with E-state index in [1.807, 2.05) is 17.5 Å². The number of benzene rings is 1. The first-order valence-corrected chi connectivity index (χ1v) is 7.40. The molecule has 0 amide bonds. The Morgan fingerprint density at radius 1 is 1.35 bits per heavy atom. The number of methoxy groups -OCH3 is 2. The Hall–Kier alpha value is -1.27. The third-order valence-corrected chi connectivity index (χ3v) is 4.09. The molecule has 1 atom stereocenters. The summed E-state index contributed by atoms with van der Waals surface area (Å²) in [5.74, 6) is 6.80. The normalized spacial score (nSPS) is 12.2. The summed E-state index contributed by atoms with van der Waals surface area (Å²) < 4.78 is 10.5. The van der Waals surface area contributed by atoms with Crippen molar-refractivity contribution in [1.29, 1.82) is 0 Å². The topological polar surface area (TPSA) is 56.5 Å². The van der Waals surface area contributed by atoms with Gasteiger partial charge < -0.3 is 9.47 Å². The van der Waals surface area contributed by atoms with Gasteiger partial charge in [0.05, 0.1) is 25.3 Å². The van der Waals surface area contributed by atoms with Crippen LogP contribution in [0.15, 0.2) is 29.0 Å². The van der Waals surface area contributed by atoms with Crippen molar-refractivity contribution in [2.24, 2.45) is 5.84 Å². The van der Waals surface area contributed by atoms with E-state index in [0.29, 0.717) is 16.5 Å². The van der Waals surface area contributed by atoms with Crippen LogP contribution in [0.1, 0.15) is 17.2 Å². The minimum Gasteiger partial charge on any atom is -0.493 e. The van der Waals surface area contributed by atoms with Crippen LogP contribution in [-0.2, 0) is 6.42 Å². The van der Waals surface area contributed by atoms with Gasteiger partial charge in [-0.15, -0.1) is 0 Å². The number of ether oxygens (including phenoxy) is 2. The van der Waals surface area contributed by atoms with Crippen LogP contribution < -0.4 is 20.7 Å². The van der Waals surface area contributed by atoms with Crippen molar-refractivity contribution in [2.75, 3.05) is 14.2 Å². The molecule has 2 aromatic rings. The molecule has 1 heterocycles. The van der Waals surface area contributed by atoms with Gasteiger partial charge in [0.2, 0.25) is 0 Å². The van der Waals surface area contributed by atoms with E-state index in [1.54, 1.807) is 25.6 Å². The maximum atomic E-state index is 6.22. The fourth-order valence-corrected chi connectivity index (χ4v) is 3.03. The lowest BCUT2D eigenvalue weighted by Gasteiger charge is -2.18. The number of rotatable bonds is 6. The van der Waals surface area contributed by atoms with Gasteiger partial charge in [-0.25, -0.2) is 0 Å². The summed E-state index contributed by atoms with van der Waals surface area (Å²) in [6.07, 6.45) is 0.784. The standard InChI is InChI=1S/C14H17ClN2O2S/c1-18-13-7-10(6-11(15)14(13)19-2)12(17-16)5-9-3-4-20-8-9/h3-4,6-8,12,17H,5,16H2,1-2H3. The van der Waals surface area contributed by atoms with Crippen LogP contribution in [0.4, 0.5) is 0 Å². The molecule has 0 spiro atoms. The Labute approximate surface area is 127 Å². The van der Waals surface area contributed by atoms with Crippen molar-refractivity contribution in [3.8, 4) is 11.5 Å². The molecule has 2 rings (SSSR count). The highest BCUT2D eigenvalue weighted by Crippen LogP contribution is 2.38. The second-order valence-corrected chi connectivity index (χ2v) is 5.48.